The molecule has 0 bridgehead atoms. The number of anilines is 1. The zero-order valence-electron chi connectivity index (χ0n) is 9.65. The van der Waals surface area contributed by atoms with Crippen LogP contribution in [0.2, 0.25) is 0 Å². The molecule has 5 heteroatoms. The maximum absolute atomic E-state index is 13.2. The van der Waals surface area contributed by atoms with E-state index in [-0.39, 0.29) is 5.69 Å². The first-order valence-electron chi connectivity index (χ1n) is 5.81. The lowest BCUT2D eigenvalue weighted by Crippen LogP contribution is -2.05. The smallest absolute Gasteiger partial charge is 0.274 e. The lowest BCUT2D eigenvalue weighted by molar-refractivity contribution is -0.385. The molecule has 1 saturated carbocycles. The van der Waals surface area contributed by atoms with Gasteiger partial charge in [-0.05, 0) is 24.8 Å². The van der Waals surface area contributed by atoms with E-state index in [1.54, 1.807) is 0 Å². The molecule has 1 aromatic rings. The van der Waals surface area contributed by atoms with Crippen molar-refractivity contribution in [3.8, 4) is 0 Å². The van der Waals surface area contributed by atoms with Crippen LogP contribution in [0.15, 0.2) is 18.2 Å². The second kappa shape index (κ2) is 4.69. The third-order valence-corrected chi connectivity index (χ3v) is 3.03. The quantitative estimate of drug-likeness (QED) is 0.632. The second-order valence-electron chi connectivity index (χ2n) is 4.49. The molecule has 1 aromatic carbocycles. The molecular formula is C12H15FN2O2. The van der Waals surface area contributed by atoms with E-state index >= 15 is 0 Å². The molecule has 1 aliphatic rings. The Bertz CT molecular complexity index is 437. The van der Waals surface area contributed by atoms with Gasteiger partial charge in [-0.25, -0.2) is 4.39 Å². The van der Waals surface area contributed by atoms with E-state index in [1.807, 2.05) is 0 Å². The van der Waals surface area contributed by atoms with Gasteiger partial charge in [-0.3, -0.25) is 10.1 Å². The van der Waals surface area contributed by atoms with Gasteiger partial charge >= 0.3 is 0 Å². The summed E-state index contributed by atoms with van der Waals surface area (Å²) in [5.74, 6) is 0.0525. The van der Waals surface area contributed by atoms with Crippen LogP contribution in [0.4, 0.5) is 15.8 Å². The summed E-state index contributed by atoms with van der Waals surface area (Å²) in [5.41, 5.74) is 0.292. The Morgan fingerprint density at radius 1 is 1.53 bits per heavy atom. The van der Waals surface area contributed by atoms with Gasteiger partial charge in [-0.1, -0.05) is 13.3 Å². The fourth-order valence-electron chi connectivity index (χ4n) is 2.09. The third-order valence-electron chi connectivity index (χ3n) is 3.03. The molecule has 1 N–H and O–H groups in total. The topological polar surface area (TPSA) is 55.2 Å². The van der Waals surface area contributed by atoms with Crippen molar-refractivity contribution >= 4 is 11.4 Å². The Kier molecular flexibility index (Phi) is 3.26. The van der Waals surface area contributed by atoms with Crippen molar-refractivity contribution in [1.29, 1.82) is 0 Å². The first-order chi connectivity index (χ1) is 8.10. The molecule has 92 valence electrons. The van der Waals surface area contributed by atoms with Crippen LogP contribution in [-0.2, 0) is 0 Å². The molecule has 2 unspecified atom stereocenters. The van der Waals surface area contributed by atoms with E-state index in [0.717, 1.165) is 25.3 Å². The summed E-state index contributed by atoms with van der Waals surface area (Å²) in [7, 11) is 0. The summed E-state index contributed by atoms with van der Waals surface area (Å²) in [6.07, 6.45) is 3.35. The maximum Gasteiger partial charge on any atom is 0.274 e. The molecule has 0 radical (unpaired) electrons. The normalized spacial score (nSPS) is 22.2. The molecule has 2 rings (SSSR count). The van der Waals surface area contributed by atoms with Crippen molar-refractivity contribution in [3.63, 3.8) is 0 Å². The molecule has 0 aromatic heterocycles. The number of nitro groups is 1. The number of non-ortho nitro benzene ring substituents is 1. The Hall–Kier alpha value is -1.65. The van der Waals surface area contributed by atoms with E-state index in [2.05, 4.69) is 12.2 Å². The summed E-state index contributed by atoms with van der Waals surface area (Å²) >= 11 is 0. The average molecular weight is 238 g/mol. The zero-order valence-corrected chi connectivity index (χ0v) is 9.65. The van der Waals surface area contributed by atoms with Gasteiger partial charge in [-0.2, -0.15) is 0 Å². The minimum absolute atomic E-state index is 0.208. The largest absolute Gasteiger partial charge is 0.382 e. The van der Waals surface area contributed by atoms with Gasteiger partial charge in [-0.15, -0.1) is 0 Å². The van der Waals surface area contributed by atoms with Gasteiger partial charge in [0.1, 0.15) is 5.82 Å². The number of nitro benzene ring substituents is 1. The fraction of sp³-hybridized carbons (Fsp3) is 0.500. The number of halogens is 1. The first kappa shape index (κ1) is 11.8. The summed E-state index contributed by atoms with van der Waals surface area (Å²) in [5, 5.41) is 13.7. The number of rotatable bonds is 5. The highest BCUT2D eigenvalue weighted by Gasteiger charge is 2.36. The van der Waals surface area contributed by atoms with Gasteiger partial charge in [0.15, 0.2) is 0 Å². The Balaban J connectivity index is 2.04. The van der Waals surface area contributed by atoms with E-state index in [1.165, 1.54) is 12.1 Å². The summed E-state index contributed by atoms with van der Waals surface area (Å²) in [6.45, 7) is 2.13. The minimum atomic E-state index is -0.579. The van der Waals surface area contributed by atoms with E-state index in [0.29, 0.717) is 17.6 Å². The number of nitrogens with zero attached hydrogens (tertiary/aromatic N) is 1. The fourth-order valence-corrected chi connectivity index (χ4v) is 2.09. The molecular weight excluding hydrogens is 223 g/mol. The molecule has 0 spiro atoms. The number of hydrogen-bond acceptors (Lipinski definition) is 3. The summed E-state index contributed by atoms with van der Waals surface area (Å²) < 4.78 is 13.2. The first-order valence-corrected chi connectivity index (χ1v) is 5.81. The summed E-state index contributed by atoms with van der Waals surface area (Å²) in [6, 6.07) is 3.96. The van der Waals surface area contributed by atoms with Crippen LogP contribution in [0.25, 0.3) is 0 Å². The lowest BCUT2D eigenvalue weighted by Gasteiger charge is -2.05. The maximum atomic E-state index is 13.2. The molecule has 0 amide bonds. The second-order valence-corrected chi connectivity index (χ2v) is 4.49. The predicted octanol–water partition coefficient (Wildman–Crippen LogP) is 3.33. The van der Waals surface area contributed by atoms with Crippen LogP contribution < -0.4 is 5.32 Å². The van der Waals surface area contributed by atoms with E-state index < -0.39 is 10.7 Å². The van der Waals surface area contributed by atoms with Gasteiger partial charge in [0.2, 0.25) is 0 Å². The van der Waals surface area contributed by atoms with Crippen LogP contribution in [0.3, 0.4) is 0 Å². The van der Waals surface area contributed by atoms with Crippen LogP contribution in [0.1, 0.15) is 26.2 Å². The van der Waals surface area contributed by atoms with Crippen LogP contribution in [-0.4, -0.2) is 11.0 Å². The SMILES string of the molecule is CCCC1CC1Nc1cc(F)cc([N+](=O)[O-])c1. The average Bonchev–Trinajstić information content (AvgIpc) is 2.96. The van der Waals surface area contributed by atoms with Crippen molar-refractivity contribution in [2.45, 2.75) is 32.2 Å². The lowest BCUT2D eigenvalue weighted by atomic mass is 10.2. The van der Waals surface area contributed by atoms with Crippen molar-refractivity contribution in [2.75, 3.05) is 5.32 Å². The molecule has 0 saturated heterocycles. The monoisotopic (exact) mass is 238 g/mol. The number of benzene rings is 1. The summed E-state index contributed by atoms with van der Waals surface area (Å²) in [4.78, 5) is 10.0. The standard InChI is InChI=1S/C12H15FN2O2/c1-2-3-8-4-12(8)14-10-5-9(13)6-11(7-10)15(16)17/h5-8,12,14H,2-4H2,1H3. The molecule has 0 heterocycles. The van der Waals surface area contributed by atoms with E-state index in [4.69, 9.17) is 0 Å². The van der Waals surface area contributed by atoms with Gasteiger partial charge in [0, 0.05) is 17.8 Å². The molecule has 1 fully saturated rings. The Morgan fingerprint density at radius 2 is 2.29 bits per heavy atom. The predicted molar refractivity (Wildman–Crippen MR) is 63.5 cm³/mol. The molecule has 1 aliphatic carbocycles. The highest BCUT2D eigenvalue weighted by Crippen LogP contribution is 2.37. The highest BCUT2D eigenvalue weighted by atomic mass is 19.1. The number of nitrogens with one attached hydrogen (secondary N) is 1. The van der Waals surface area contributed by atoms with Crippen molar-refractivity contribution in [2.24, 2.45) is 5.92 Å². The van der Waals surface area contributed by atoms with Crippen molar-refractivity contribution in [3.05, 3.63) is 34.1 Å². The highest BCUT2D eigenvalue weighted by molar-refractivity contribution is 5.53. The molecule has 0 aliphatic heterocycles. The third kappa shape index (κ3) is 2.93. The molecule has 17 heavy (non-hydrogen) atoms. The molecule has 2 atom stereocenters. The van der Waals surface area contributed by atoms with Crippen LogP contribution >= 0.6 is 0 Å². The Labute approximate surface area is 99.0 Å². The zero-order chi connectivity index (χ0) is 12.4. The molecule has 4 nitrogen and oxygen atoms in total. The van der Waals surface area contributed by atoms with Gasteiger partial charge < -0.3 is 5.32 Å². The Morgan fingerprint density at radius 3 is 2.94 bits per heavy atom. The van der Waals surface area contributed by atoms with Crippen LogP contribution in [0.5, 0.6) is 0 Å². The van der Waals surface area contributed by atoms with Crippen molar-refractivity contribution in [1.82, 2.24) is 0 Å². The van der Waals surface area contributed by atoms with Gasteiger partial charge in [0.05, 0.1) is 11.0 Å². The van der Waals surface area contributed by atoms with Gasteiger partial charge in [0.25, 0.3) is 5.69 Å². The van der Waals surface area contributed by atoms with E-state index in [9.17, 15) is 14.5 Å². The minimum Gasteiger partial charge on any atom is -0.382 e. The van der Waals surface area contributed by atoms with Crippen molar-refractivity contribution < 1.29 is 9.31 Å². The number of hydrogen-bond donors (Lipinski definition) is 1. The van der Waals surface area contributed by atoms with Crippen LogP contribution in [0, 0.1) is 21.8 Å².